The minimum atomic E-state index is -1.96. The maximum Gasteiger partial charge on any atom is 0.337 e. The van der Waals surface area contributed by atoms with E-state index in [2.05, 4.69) is 16.0 Å². The van der Waals surface area contributed by atoms with Crippen LogP contribution in [0.25, 0.3) is 0 Å². The van der Waals surface area contributed by atoms with Gasteiger partial charge in [-0.15, -0.1) is 0 Å². The van der Waals surface area contributed by atoms with Gasteiger partial charge >= 0.3 is 5.97 Å². The molecule has 4 N–H and O–H groups in total. The molecule has 0 aromatic heterocycles. The maximum absolute atomic E-state index is 12.5. The number of carbonyl (C=O) groups excluding carboxylic acids is 1. The molecular formula is C18H16Cl3N3O4S. The summed E-state index contributed by atoms with van der Waals surface area (Å²) < 4.78 is 3.09. The SMILES string of the molecule is COc1ccc(C(=O)N[C@@H](NC(=S)Nc2ccccc2C(=O)O)C(Cl)(Cl)Cl)cc1. The molecule has 0 spiro atoms. The summed E-state index contributed by atoms with van der Waals surface area (Å²) >= 11 is 23.0. The van der Waals surface area contributed by atoms with Crippen molar-refractivity contribution < 1.29 is 19.4 Å². The normalized spacial score (nSPS) is 11.9. The van der Waals surface area contributed by atoms with E-state index in [0.29, 0.717) is 11.3 Å². The van der Waals surface area contributed by atoms with Gasteiger partial charge in [0, 0.05) is 5.56 Å². The van der Waals surface area contributed by atoms with Crippen LogP contribution in [-0.4, -0.2) is 39.2 Å². The van der Waals surface area contributed by atoms with Gasteiger partial charge in [-0.3, -0.25) is 4.79 Å². The molecule has 11 heteroatoms. The van der Waals surface area contributed by atoms with Crippen molar-refractivity contribution in [3.8, 4) is 5.75 Å². The molecule has 7 nitrogen and oxygen atoms in total. The van der Waals surface area contributed by atoms with E-state index in [9.17, 15) is 14.7 Å². The van der Waals surface area contributed by atoms with E-state index in [1.165, 1.54) is 19.2 Å². The number of benzene rings is 2. The van der Waals surface area contributed by atoms with E-state index in [0.717, 1.165) is 0 Å². The maximum atomic E-state index is 12.5. The number of anilines is 1. The number of amides is 1. The molecule has 0 unspecified atom stereocenters. The van der Waals surface area contributed by atoms with Crippen LogP contribution < -0.4 is 20.7 Å². The molecule has 29 heavy (non-hydrogen) atoms. The summed E-state index contributed by atoms with van der Waals surface area (Å²) in [6, 6.07) is 12.5. The number of ether oxygens (including phenoxy) is 1. The van der Waals surface area contributed by atoms with Crippen molar-refractivity contribution in [3.05, 3.63) is 59.7 Å². The zero-order valence-corrected chi connectivity index (χ0v) is 18.0. The second kappa shape index (κ2) is 9.98. The third-order valence-corrected chi connectivity index (χ3v) is 4.51. The first-order valence-corrected chi connectivity index (χ1v) is 9.57. The van der Waals surface area contributed by atoms with Crippen molar-refractivity contribution in [1.29, 1.82) is 0 Å². The highest BCUT2D eigenvalue weighted by atomic mass is 35.6. The lowest BCUT2D eigenvalue weighted by atomic mass is 10.2. The van der Waals surface area contributed by atoms with Crippen LogP contribution in [0.4, 0.5) is 5.69 Å². The van der Waals surface area contributed by atoms with Crippen LogP contribution in [-0.2, 0) is 0 Å². The number of carboxylic acids is 1. The monoisotopic (exact) mass is 475 g/mol. The molecule has 0 heterocycles. The number of rotatable bonds is 6. The minimum absolute atomic E-state index is 0.00403. The molecule has 0 fully saturated rings. The van der Waals surface area contributed by atoms with Gasteiger partial charge in [0.1, 0.15) is 11.9 Å². The Bertz CT molecular complexity index is 904. The van der Waals surface area contributed by atoms with E-state index >= 15 is 0 Å². The largest absolute Gasteiger partial charge is 0.497 e. The highest BCUT2D eigenvalue weighted by molar-refractivity contribution is 7.80. The lowest BCUT2D eigenvalue weighted by molar-refractivity contribution is 0.0697. The number of halogens is 3. The van der Waals surface area contributed by atoms with E-state index < -0.39 is 21.8 Å². The molecule has 0 aliphatic rings. The second-order valence-electron chi connectivity index (χ2n) is 5.63. The fourth-order valence-corrected chi connectivity index (χ4v) is 2.78. The number of nitrogens with one attached hydrogen (secondary N) is 3. The number of hydrogen-bond acceptors (Lipinski definition) is 4. The number of thiocarbonyl (C=S) groups is 1. The predicted octanol–water partition coefficient (Wildman–Crippen LogP) is 3.81. The summed E-state index contributed by atoms with van der Waals surface area (Å²) in [4.78, 5) is 23.8. The number of para-hydroxylation sites is 1. The van der Waals surface area contributed by atoms with Gasteiger partial charge in [-0.1, -0.05) is 46.9 Å². The molecule has 1 amide bonds. The van der Waals surface area contributed by atoms with Crippen molar-refractivity contribution >= 4 is 69.7 Å². The van der Waals surface area contributed by atoms with Gasteiger partial charge in [0.25, 0.3) is 5.91 Å². The van der Waals surface area contributed by atoms with Crippen molar-refractivity contribution in [2.24, 2.45) is 0 Å². The Morgan fingerprint density at radius 3 is 2.24 bits per heavy atom. The molecule has 2 aromatic rings. The highest BCUT2D eigenvalue weighted by Gasteiger charge is 2.35. The van der Waals surface area contributed by atoms with Crippen molar-refractivity contribution in [2.75, 3.05) is 12.4 Å². The fourth-order valence-electron chi connectivity index (χ4n) is 2.22. The van der Waals surface area contributed by atoms with Crippen LogP contribution in [0.3, 0.4) is 0 Å². The topological polar surface area (TPSA) is 99.7 Å². The van der Waals surface area contributed by atoms with Crippen LogP contribution in [0.1, 0.15) is 20.7 Å². The Kier molecular flexibility index (Phi) is 7.92. The summed E-state index contributed by atoms with van der Waals surface area (Å²) in [6.07, 6.45) is -1.21. The summed E-state index contributed by atoms with van der Waals surface area (Å²) in [6.45, 7) is 0. The third-order valence-electron chi connectivity index (χ3n) is 3.64. The summed E-state index contributed by atoms with van der Waals surface area (Å²) in [5, 5.41) is 17.1. The summed E-state index contributed by atoms with van der Waals surface area (Å²) in [5.41, 5.74) is 0.549. The number of hydrogen-bond donors (Lipinski definition) is 4. The number of carbonyl (C=O) groups is 2. The predicted molar refractivity (Wildman–Crippen MR) is 117 cm³/mol. The first kappa shape index (κ1) is 23.0. The Hall–Kier alpha value is -2.26. The van der Waals surface area contributed by atoms with E-state index in [1.54, 1.807) is 36.4 Å². The molecule has 154 valence electrons. The molecule has 0 saturated carbocycles. The van der Waals surface area contributed by atoms with Gasteiger partial charge in [-0.05, 0) is 48.6 Å². The fraction of sp³-hybridized carbons (Fsp3) is 0.167. The zero-order chi connectivity index (χ0) is 21.6. The van der Waals surface area contributed by atoms with Crippen molar-refractivity contribution in [1.82, 2.24) is 10.6 Å². The molecular weight excluding hydrogens is 461 g/mol. The van der Waals surface area contributed by atoms with Crippen molar-refractivity contribution in [3.63, 3.8) is 0 Å². The van der Waals surface area contributed by atoms with Gasteiger partial charge in [0.2, 0.25) is 3.79 Å². The Labute approximate surface area is 187 Å². The van der Waals surface area contributed by atoms with E-state index in [4.69, 9.17) is 51.8 Å². The quantitative estimate of drug-likeness (QED) is 0.286. The molecule has 0 bridgehead atoms. The zero-order valence-electron chi connectivity index (χ0n) is 14.9. The Morgan fingerprint density at radius 2 is 1.69 bits per heavy atom. The molecule has 0 aliphatic heterocycles. The van der Waals surface area contributed by atoms with Gasteiger partial charge < -0.3 is 25.8 Å². The van der Waals surface area contributed by atoms with Gasteiger partial charge in [-0.2, -0.15) is 0 Å². The number of methoxy groups -OCH3 is 1. The molecule has 2 aromatic carbocycles. The molecule has 0 radical (unpaired) electrons. The van der Waals surface area contributed by atoms with Crippen LogP contribution in [0.15, 0.2) is 48.5 Å². The van der Waals surface area contributed by atoms with Crippen molar-refractivity contribution in [2.45, 2.75) is 9.96 Å². The lowest BCUT2D eigenvalue weighted by Gasteiger charge is -2.28. The smallest absolute Gasteiger partial charge is 0.337 e. The van der Waals surface area contributed by atoms with E-state index in [-0.39, 0.29) is 16.4 Å². The Balaban J connectivity index is 2.11. The Morgan fingerprint density at radius 1 is 1.07 bits per heavy atom. The molecule has 2 rings (SSSR count). The first-order valence-electron chi connectivity index (χ1n) is 8.03. The van der Waals surface area contributed by atoms with Gasteiger partial charge in [0.05, 0.1) is 18.4 Å². The number of carboxylic acid groups (broad SMARTS) is 1. The summed E-state index contributed by atoms with van der Waals surface area (Å²) in [5.74, 6) is -1.08. The van der Waals surface area contributed by atoms with Crippen LogP contribution in [0.5, 0.6) is 5.75 Å². The standard InChI is InChI=1S/C18H16Cl3N3O4S/c1-28-11-8-6-10(7-9-11)14(25)23-16(18(19,20)21)24-17(29)22-13-5-3-2-4-12(13)15(26)27/h2-9,16H,1H3,(H,23,25)(H,26,27)(H2,22,24,29)/t16-/m0/s1. The van der Waals surface area contributed by atoms with Crippen LogP contribution >= 0.6 is 47.0 Å². The number of aromatic carboxylic acids is 1. The highest BCUT2D eigenvalue weighted by Crippen LogP contribution is 2.29. The second-order valence-corrected chi connectivity index (χ2v) is 8.40. The lowest BCUT2D eigenvalue weighted by Crippen LogP contribution is -2.56. The molecule has 0 saturated heterocycles. The molecule has 1 atom stereocenters. The van der Waals surface area contributed by atoms with Crippen LogP contribution in [0.2, 0.25) is 0 Å². The molecule has 0 aliphatic carbocycles. The third kappa shape index (κ3) is 6.64. The minimum Gasteiger partial charge on any atom is -0.497 e. The summed E-state index contributed by atoms with van der Waals surface area (Å²) in [7, 11) is 1.51. The van der Waals surface area contributed by atoms with Gasteiger partial charge in [0.15, 0.2) is 5.11 Å². The average Bonchev–Trinajstić information content (AvgIpc) is 2.67. The average molecular weight is 477 g/mol. The number of alkyl halides is 3. The van der Waals surface area contributed by atoms with E-state index in [1.807, 2.05) is 0 Å². The first-order chi connectivity index (χ1) is 13.6. The van der Waals surface area contributed by atoms with Crippen LogP contribution in [0, 0.1) is 0 Å². The van der Waals surface area contributed by atoms with Gasteiger partial charge in [-0.25, -0.2) is 4.79 Å².